The van der Waals surface area contributed by atoms with Crippen LogP contribution in [-0.2, 0) is 26.0 Å². The van der Waals surface area contributed by atoms with Crippen LogP contribution < -0.4 is 10.5 Å². The number of carbonyl (C=O) groups is 1. The summed E-state index contributed by atoms with van der Waals surface area (Å²) in [6, 6.07) is 14.0. The molecule has 0 fully saturated rings. The maximum atomic E-state index is 12.5. The van der Waals surface area contributed by atoms with Gasteiger partial charge in [-0.05, 0) is 37.1 Å². The molecule has 2 rings (SSSR count). The molecule has 24 heavy (non-hydrogen) atoms. The molecule has 0 bridgehead atoms. The molecule has 0 aliphatic rings. The molecule has 6 nitrogen and oxygen atoms in total. The van der Waals surface area contributed by atoms with Crippen LogP contribution in [-0.4, -0.2) is 27.0 Å². The summed E-state index contributed by atoms with van der Waals surface area (Å²) in [7, 11) is -3.90. The number of carbonyl (C=O) groups excluding carboxylic acids is 1. The Morgan fingerprint density at radius 1 is 1.17 bits per heavy atom. The van der Waals surface area contributed by atoms with E-state index in [0.29, 0.717) is 5.69 Å². The number of esters is 1. The third kappa shape index (κ3) is 4.81. The molecule has 7 heteroatoms. The highest BCUT2D eigenvalue weighted by atomic mass is 32.2. The molecule has 1 unspecified atom stereocenters. The minimum Gasteiger partial charge on any atom is -0.465 e. The van der Waals surface area contributed by atoms with Crippen LogP contribution in [0.3, 0.4) is 0 Å². The zero-order chi connectivity index (χ0) is 17.6. The lowest BCUT2D eigenvalue weighted by atomic mass is 10.1. The van der Waals surface area contributed by atoms with Crippen LogP contribution in [0.15, 0.2) is 59.5 Å². The molecule has 3 N–H and O–H groups in total. The summed E-state index contributed by atoms with van der Waals surface area (Å²) in [6.45, 7) is 1.84. The SMILES string of the molecule is CCOC(=O)C(Cc1ccccc1)NS(=O)(=O)c1cccc(N)c1. The molecular formula is C17H20N2O4S. The minimum atomic E-state index is -3.90. The van der Waals surface area contributed by atoms with E-state index in [-0.39, 0.29) is 17.9 Å². The Morgan fingerprint density at radius 2 is 1.88 bits per heavy atom. The van der Waals surface area contributed by atoms with E-state index < -0.39 is 22.0 Å². The zero-order valence-electron chi connectivity index (χ0n) is 13.3. The largest absolute Gasteiger partial charge is 0.465 e. The van der Waals surface area contributed by atoms with Gasteiger partial charge in [0.15, 0.2) is 0 Å². The lowest BCUT2D eigenvalue weighted by Gasteiger charge is -2.17. The van der Waals surface area contributed by atoms with Crippen LogP contribution in [0, 0.1) is 0 Å². The van der Waals surface area contributed by atoms with Gasteiger partial charge in [-0.15, -0.1) is 0 Å². The Labute approximate surface area is 141 Å². The first-order valence-corrected chi connectivity index (χ1v) is 8.99. The number of nitrogens with one attached hydrogen (secondary N) is 1. The number of sulfonamides is 1. The number of anilines is 1. The normalized spacial score (nSPS) is 12.5. The van der Waals surface area contributed by atoms with Crippen LogP contribution in [0.5, 0.6) is 0 Å². The highest BCUT2D eigenvalue weighted by Crippen LogP contribution is 2.14. The summed E-state index contributed by atoms with van der Waals surface area (Å²) in [6.07, 6.45) is 0.196. The lowest BCUT2D eigenvalue weighted by molar-refractivity contribution is -0.145. The molecule has 0 saturated heterocycles. The summed E-state index contributed by atoms with van der Waals surface area (Å²) >= 11 is 0. The van der Waals surface area contributed by atoms with Crippen molar-refractivity contribution in [1.82, 2.24) is 4.72 Å². The van der Waals surface area contributed by atoms with E-state index in [1.807, 2.05) is 30.3 Å². The van der Waals surface area contributed by atoms with E-state index in [0.717, 1.165) is 5.56 Å². The summed E-state index contributed by atoms with van der Waals surface area (Å²) in [4.78, 5) is 12.2. The highest BCUT2D eigenvalue weighted by Gasteiger charge is 2.27. The maximum Gasteiger partial charge on any atom is 0.324 e. The molecule has 0 heterocycles. The molecule has 1 atom stereocenters. The molecule has 0 radical (unpaired) electrons. The average molecular weight is 348 g/mol. The van der Waals surface area contributed by atoms with E-state index in [1.54, 1.807) is 19.1 Å². The molecule has 0 aliphatic heterocycles. The van der Waals surface area contributed by atoms with Gasteiger partial charge in [-0.25, -0.2) is 8.42 Å². The fraction of sp³-hybridized carbons (Fsp3) is 0.235. The fourth-order valence-electron chi connectivity index (χ4n) is 2.20. The highest BCUT2D eigenvalue weighted by molar-refractivity contribution is 7.89. The van der Waals surface area contributed by atoms with Crippen molar-refractivity contribution >= 4 is 21.7 Å². The minimum absolute atomic E-state index is 0.00450. The smallest absolute Gasteiger partial charge is 0.324 e. The Morgan fingerprint density at radius 3 is 2.50 bits per heavy atom. The monoisotopic (exact) mass is 348 g/mol. The Hall–Kier alpha value is -2.38. The number of nitrogen functional groups attached to an aromatic ring is 1. The Bertz CT molecular complexity index is 791. The van der Waals surface area contributed by atoms with Crippen LogP contribution in [0.25, 0.3) is 0 Å². The molecule has 2 aromatic rings. The van der Waals surface area contributed by atoms with E-state index in [1.165, 1.54) is 12.1 Å². The van der Waals surface area contributed by atoms with Crippen LogP contribution in [0.1, 0.15) is 12.5 Å². The number of nitrogens with two attached hydrogens (primary N) is 1. The van der Waals surface area contributed by atoms with Crippen molar-refractivity contribution in [2.75, 3.05) is 12.3 Å². The van der Waals surface area contributed by atoms with E-state index >= 15 is 0 Å². The molecule has 2 aromatic carbocycles. The third-order valence-electron chi connectivity index (χ3n) is 3.32. The van der Waals surface area contributed by atoms with Crippen LogP contribution in [0.4, 0.5) is 5.69 Å². The zero-order valence-corrected chi connectivity index (χ0v) is 14.1. The second kappa shape index (κ2) is 7.94. The van der Waals surface area contributed by atoms with Gasteiger partial charge in [-0.1, -0.05) is 36.4 Å². The number of ether oxygens (including phenoxy) is 1. The third-order valence-corrected chi connectivity index (χ3v) is 4.79. The van der Waals surface area contributed by atoms with Crippen molar-refractivity contribution < 1.29 is 17.9 Å². The second-order valence-corrected chi connectivity index (χ2v) is 6.90. The standard InChI is InChI=1S/C17H20N2O4S/c1-2-23-17(20)16(11-13-7-4-3-5-8-13)19-24(21,22)15-10-6-9-14(18)12-15/h3-10,12,16,19H,2,11,18H2,1H3. The Balaban J connectivity index is 2.25. The fourth-order valence-corrected chi connectivity index (χ4v) is 3.44. The first kappa shape index (κ1) is 18.0. The summed E-state index contributed by atoms with van der Waals surface area (Å²) in [5, 5.41) is 0. The quantitative estimate of drug-likeness (QED) is 0.586. The van der Waals surface area contributed by atoms with Crippen LogP contribution in [0.2, 0.25) is 0 Å². The summed E-state index contributed by atoms with van der Waals surface area (Å²) in [5.74, 6) is -0.617. The molecule has 128 valence electrons. The molecule has 0 saturated carbocycles. The van der Waals surface area contributed by atoms with Crippen molar-refractivity contribution in [3.05, 3.63) is 60.2 Å². The van der Waals surface area contributed by atoms with Crippen LogP contribution >= 0.6 is 0 Å². The summed E-state index contributed by atoms with van der Waals surface area (Å²) in [5.41, 5.74) is 6.79. The van der Waals surface area contributed by atoms with Crippen molar-refractivity contribution in [2.24, 2.45) is 0 Å². The van der Waals surface area contributed by atoms with Gasteiger partial charge in [0.2, 0.25) is 10.0 Å². The number of benzene rings is 2. The molecule has 0 aliphatic carbocycles. The molecule has 0 spiro atoms. The van der Waals surface area contributed by atoms with E-state index in [2.05, 4.69) is 4.72 Å². The topological polar surface area (TPSA) is 98.5 Å². The van der Waals surface area contributed by atoms with Gasteiger partial charge in [0.05, 0.1) is 11.5 Å². The predicted molar refractivity (Wildman–Crippen MR) is 91.7 cm³/mol. The Kier molecular flexibility index (Phi) is 5.94. The van der Waals surface area contributed by atoms with Crippen molar-refractivity contribution in [2.45, 2.75) is 24.3 Å². The van der Waals surface area contributed by atoms with Crippen molar-refractivity contribution in [1.29, 1.82) is 0 Å². The van der Waals surface area contributed by atoms with E-state index in [4.69, 9.17) is 10.5 Å². The van der Waals surface area contributed by atoms with Gasteiger partial charge in [0.25, 0.3) is 0 Å². The maximum absolute atomic E-state index is 12.5. The number of rotatable bonds is 7. The van der Waals surface area contributed by atoms with Gasteiger partial charge < -0.3 is 10.5 Å². The van der Waals surface area contributed by atoms with E-state index in [9.17, 15) is 13.2 Å². The van der Waals surface area contributed by atoms with Crippen molar-refractivity contribution in [3.63, 3.8) is 0 Å². The van der Waals surface area contributed by atoms with Gasteiger partial charge in [-0.3, -0.25) is 4.79 Å². The first-order chi connectivity index (χ1) is 11.4. The van der Waals surface area contributed by atoms with Gasteiger partial charge >= 0.3 is 5.97 Å². The first-order valence-electron chi connectivity index (χ1n) is 7.51. The predicted octanol–water partition coefficient (Wildman–Crippen LogP) is 1.72. The number of hydrogen-bond acceptors (Lipinski definition) is 5. The summed E-state index contributed by atoms with van der Waals surface area (Å²) < 4.78 is 32.4. The average Bonchev–Trinajstić information content (AvgIpc) is 2.55. The van der Waals surface area contributed by atoms with Gasteiger partial charge in [-0.2, -0.15) is 4.72 Å². The molecular weight excluding hydrogens is 328 g/mol. The molecule has 0 amide bonds. The molecule has 0 aromatic heterocycles. The lowest BCUT2D eigenvalue weighted by Crippen LogP contribution is -2.43. The number of hydrogen-bond donors (Lipinski definition) is 2. The van der Waals surface area contributed by atoms with Gasteiger partial charge in [0, 0.05) is 5.69 Å². The van der Waals surface area contributed by atoms with Crippen molar-refractivity contribution in [3.8, 4) is 0 Å². The second-order valence-electron chi connectivity index (χ2n) is 5.19. The van der Waals surface area contributed by atoms with Gasteiger partial charge in [0.1, 0.15) is 6.04 Å².